The lowest BCUT2D eigenvalue weighted by molar-refractivity contribution is -0.137. The number of rotatable bonds is 21. The monoisotopic (exact) mass is 1000 g/mol. The molecule has 1 amide bonds. The first kappa shape index (κ1) is 52.0. The summed E-state index contributed by atoms with van der Waals surface area (Å²) in [6.45, 7) is 21.8. The first-order valence-electron chi connectivity index (χ1n) is 23.7. The third kappa shape index (κ3) is 11.9. The van der Waals surface area contributed by atoms with Crippen molar-refractivity contribution in [3.8, 4) is 5.75 Å². The standard InChI is InChI=1S/C57H72BrNO6Si2/c1-43(2)52(32-23-37-64-66(56(3,4)5,48-24-15-11-16-25-48)49-26-17-12-18-27-49)53(35-33-44-38-46(62-10)34-36-54(44)58)55(60)59-40-47(63-42-61-9)39-45(59)41-65-67(57(6,7)8,50-28-19-13-20-29-50)51-30-21-14-22-31-51/h11-22,24-31,33-36,38,45,47,52-53H,1,23,32,37,39-42H2,2-10H3/b35-33+/t45-,47+,52+,53-/m0/s1. The van der Waals surface area contributed by atoms with Crippen molar-refractivity contribution >= 4 is 65.3 Å². The van der Waals surface area contributed by atoms with Gasteiger partial charge < -0.3 is 28.0 Å². The van der Waals surface area contributed by atoms with Crippen molar-refractivity contribution < 1.29 is 27.9 Å². The summed E-state index contributed by atoms with van der Waals surface area (Å²) in [7, 11) is -2.40. The number of ether oxygens (including phenoxy) is 3. The smallest absolute Gasteiger partial charge is 0.261 e. The maximum absolute atomic E-state index is 15.7. The van der Waals surface area contributed by atoms with Gasteiger partial charge in [0, 0.05) is 24.7 Å². The second-order valence-corrected chi connectivity index (χ2v) is 29.4. The molecule has 67 heavy (non-hydrogen) atoms. The largest absolute Gasteiger partial charge is 0.497 e. The SMILES string of the molecule is C=C(C)[C@@H](CCCO[Si](c1ccccc1)(c1ccccc1)C(C)(C)C)[C@H](/C=C/c1cc(OC)ccc1Br)C(=O)N1C[C@H](OCOC)C[C@H]1CO[Si](c1ccccc1)(c1ccccc1)C(C)(C)C. The number of halogens is 1. The molecule has 0 radical (unpaired) electrons. The minimum absolute atomic E-state index is 0.0238. The van der Waals surface area contributed by atoms with Crippen LogP contribution in [0, 0.1) is 11.8 Å². The molecule has 1 fully saturated rings. The molecule has 7 nitrogen and oxygen atoms in total. The van der Waals surface area contributed by atoms with Gasteiger partial charge in [0.05, 0.1) is 31.8 Å². The van der Waals surface area contributed by atoms with Gasteiger partial charge in [-0.15, -0.1) is 0 Å². The highest BCUT2D eigenvalue weighted by atomic mass is 79.9. The average molecular weight is 1000 g/mol. The van der Waals surface area contributed by atoms with E-state index in [1.807, 2.05) is 29.2 Å². The lowest BCUT2D eigenvalue weighted by Gasteiger charge is -2.44. The van der Waals surface area contributed by atoms with E-state index in [0.29, 0.717) is 32.6 Å². The van der Waals surface area contributed by atoms with Gasteiger partial charge in [-0.1, -0.05) is 203 Å². The van der Waals surface area contributed by atoms with Crippen molar-refractivity contribution in [2.75, 3.05) is 40.8 Å². The molecule has 1 aliphatic heterocycles. The molecule has 0 aromatic heterocycles. The molecule has 0 aliphatic carbocycles. The van der Waals surface area contributed by atoms with Crippen molar-refractivity contribution in [1.82, 2.24) is 4.90 Å². The maximum Gasteiger partial charge on any atom is 0.261 e. The van der Waals surface area contributed by atoms with E-state index in [9.17, 15) is 0 Å². The molecule has 5 aromatic rings. The summed E-state index contributed by atoms with van der Waals surface area (Å²) in [5.74, 6) is 0.0321. The second-order valence-electron chi connectivity index (χ2n) is 19.9. The molecule has 0 spiro atoms. The molecule has 356 valence electrons. The number of amides is 1. The summed E-state index contributed by atoms with van der Waals surface area (Å²) >= 11 is 3.76. The number of nitrogens with zero attached hydrogens (tertiary/aromatic N) is 1. The Morgan fingerprint density at radius 1 is 0.761 bits per heavy atom. The van der Waals surface area contributed by atoms with E-state index in [-0.39, 0.29) is 40.8 Å². The van der Waals surface area contributed by atoms with E-state index in [1.165, 1.54) is 20.7 Å². The molecule has 0 unspecified atom stereocenters. The van der Waals surface area contributed by atoms with Gasteiger partial charge >= 0.3 is 0 Å². The molecule has 0 N–H and O–H groups in total. The van der Waals surface area contributed by atoms with Crippen LogP contribution in [-0.4, -0.2) is 80.4 Å². The second kappa shape index (κ2) is 23.3. The highest BCUT2D eigenvalue weighted by molar-refractivity contribution is 9.10. The Balaban J connectivity index is 1.36. The zero-order valence-corrected chi connectivity index (χ0v) is 44.8. The molecular formula is C57H72BrNO6Si2. The molecule has 1 saturated heterocycles. The summed E-state index contributed by atoms with van der Waals surface area (Å²) in [5, 5.41) is 4.50. The van der Waals surface area contributed by atoms with E-state index in [1.54, 1.807) is 14.2 Å². The topological polar surface area (TPSA) is 66.5 Å². The zero-order valence-electron chi connectivity index (χ0n) is 41.2. The number of likely N-dealkylation sites (tertiary alicyclic amines) is 1. The number of hydrogen-bond acceptors (Lipinski definition) is 6. The van der Waals surface area contributed by atoms with Crippen LogP contribution >= 0.6 is 15.9 Å². The highest BCUT2D eigenvalue weighted by Crippen LogP contribution is 2.40. The van der Waals surface area contributed by atoms with Crippen molar-refractivity contribution in [2.24, 2.45) is 11.8 Å². The van der Waals surface area contributed by atoms with Crippen molar-refractivity contribution in [3.63, 3.8) is 0 Å². The highest BCUT2D eigenvalue weighted by Gasteiger charge is 2.52. The zero-order chi connectivity index (χ0) is 48.2. The van der Waals surface area contributed by atoms with Gasteiger partial charge in [0.2, 0.25) is 5.91 Å². The van der Waals surface area contributed by atoms with Crippen LogP contribution < -0.4 is 25.5 Å². The van der Waals surface area contributed by atoms with Gasteiger partial charge in [-0.2, -0.15) is 0 Å². The van der Waals surface area contributed by atoms with E-state index >= 15 is 4.79 Å². The molecule has 10 heteroatoms. The van der Waals surface area contributed by atoms with Crippen LogP contribution in [-0.2, 0) is 23.1 Å². The van der Waals surface area contributed by atoms with E-state index < -0.39 is 22.6 Å². The number of benzene rings is 5. The Bertz CT molecular complexity index is 2290. The van der Waals surface area contributed by atoms with Crippen LogP contribution in [0.1, 0.15) is 73.3 Å². The van der Waals surface area contributed by atoms with Crippen LogP contribution in [0.25, 0.3) is 6.08 Å². The lowest BCUT2D eigenvalue weighted by atomic mass is 9.82. The predicted octanol–water partition coefficient (Wildman–Crippen LogP) is 10.8. The molecular weight excluding hydrogens is 931 g/mol. The fourth-order valence-electron chi connectivity index (χ4n) is 10.2. The first-order valence-corrected chi connectivity index (χ1v) is 28.3. The number of methoxy groups -OCH3 is 2. The number of carbonyl (C=O) groups excluding carboxylic acids is 1. The molecule has 0 saturated carbocycles. The predicted molar refractivity (Wildman–Crippen MR) is 285 cm³/mol. The van der Waals surface area contributed by atoms with E-state index in [2.05, 4.69) is 198 Å². The Kier molecular flexibility index (Phi) is 18.1. The third-order valence-electron chi connectivity index (χ3n) is 13.4. The molecule has 1 aliphatic rings. The van der Waals surface area contributed by atoms with Crippen LogP contribution in [0.2, 0.25) is 10.1 Å². The molecule has 6 rings (SSSR count). The van der Waals surface area contributed by atoms with Crippen LogP contribution in [0.5, 0.6) is 5.75 Å². The minimum Gasteiger partial charge on any atom is -0.497 e. The fourth-order valence-corrected chi connectivity index (χ4v) is 19.7. The summed E-state index contributed by atoms with van der Waals surface area (Å²) in [6, 6.07) is 48.5. The summed E-state index contributed by atoms with van der Waals surface area (Å²) in [5.41, 5.74) is 1.87. The maximum atomic E-state index is 15.7. The number of carbonyl (C=O) groups is 1. The Hall–Kier alpha value is -4.40. The van der Waals surface area contributed by atoms with Gasteiger partial charge in [0.25, 0.3) is 16.6 Å². The summed E-state index contributed by atoms with van der Waals surface area (Å²) in [6.07, 6.45) is 5.96. The minimum atomic E-state index is -2.93. The molecule has 0 bridgehead atoms. The Morgan fingerprint density at radius 2 is 1.25 bits per heavy atom. The Labute approximate surface area is 411 Å². The molecule has 1 heterocycles. The molecule has 5 aromatic carbocycles. The van der Waals surface area contributed by atoms with Crippen LogP contribution in [0.15, 0.2) is 162 Å². The Morgan fingerprint density at radius 3 is 1.70 bits per heavy atom. The van der Waals surface area contributed by atoms with Gasteiger partial charge in [-0.05, 0) is 86.7 Å². The fraction of sp³-hybridized carbons (Fsp3) is 0.386. The van der Waals surface area contributed by atoms with Crippen molar-refractivity contribution in [2.45, 2.75) is 90.0 Å². The van der Waals surface area contributed by atoms with Gasteiger partial charge in [0.1, 0.15) is 12.5 Å². The summed E-state index contributed by atoms with van der Waals surface area (Å²) < 4.78 is 33.1. The van der Waals surface area contributed by atoms with Crippen molar-refractivity contribution in [1.29, 1.82) is 0 Å². The number of hydrogen-bond donors (Lipinski definition) is 0. The van der Waals surface area contributed by atoms with E-state index in [0.717, 1.165) is 27.8 Å². The van der Waals surface area contributed by atoms with Gasteiger partial charge in [-0.25, -0.2) is 0 Å². The van der Waals surface area contributed by atoms with Gasteiger partial charge in [0.15, 0.2) is 0 Å². The van der Waals surface area contributed by atoms with Crippen LogP contribution in [0.4, 0.5) is 0 Å². The lowest BCUT2D eigenvalue weighted by Crippen LogP contribution is -2.67. The quantitative estimate of drug-likeness (QED) is 0.0316. The van der Waals surface area contributed by atoms with Crippen LogP contribution in [0.3, 0.4) is 0 Å². The average Bonchev–Trinajstić information content (AvgIpc) is 3.74. The third-order valence-corrected chi connectivity index (χ3v) is 24.2. The van der Waals surface area contributed by atoms with E-state index in [4.69, 9.17) is 23.1 Å². The van der Waals surface area contributed by atoms with Crippen molar-refractivity contribution in [3.05, 3.63) is 168 Å². The molecule has 4 atom stereocenters. The number of allylic oxidation sites excluding steroid dienone is 1. The van der Waals surface area contributed by atoms with Gasteiger partial charge in [-0.3, -0.25) is 4.79 Å². The first-order chi connectivity index (χ1) is 32.1. The normalized spacial score (nSPS) is 16.8. The summed E-state index contributed by atoms with van der Waals surface area (Å²) in [4.78, 5) is 17.8.